The Balaban J connectivity index is 2.10. The Kier molecular flexibility index (Phi) is 11.1. The lowest BCUT2D eigenvalue weighted by atomic mass is 10.0. The highest BCUT2D eigenvalue weighted by molar-refractivity contribution is 8.00. The van der Waals surface area contributed by atoms with Gasteiger partial charge in [-0.25, -0.2) is 13.9 Å². The summed E-state index contributed by atoms with van der Waals surface area (Å²) in [4.78, 5) is 15.0. The highest BCUT2D eigenvalue weighted by Crippen LogP contribution is 2.34. The Hall–Kier alpha value is -1.81. The van der Waals surface area contributed by atoms with Gasteiger partial charge in [0, 0.05) is 24.9 Å². The van der Waals surface area contributed by atoms with Crippen LogP contribution in [0, 0.1) is 11.8 Å². The molecule has 1 aromatic rings. The molecule has 1 aliphatic heterocycles. The lowest BCUT2D eigenvalue weighted by Crippen LogP contribution is -2.56. The van der Waals surface area contributed by atoms with Gasteiger partial charge in [0.2, 0.25) is 10.0 Å². The Morgan fingerprint density at radius 3 is 2.56 bits per heavy atom. The maximum Gasteiger partial charge on any atom is 0.263 e. The predicted octanol–water partition coefficient (Wildman–Crippen LogP) is 1.82. The summed E-state index contributed by atoms with van der Waals surface area (Å²) in [6, 6.07) is 4.81. The van der Waals surface area contributed by atoms with E-state index in [1.165, 1.54) is 30.9 Å². The molecule has 0 bridgehead atoms. The molecule has 0 saturated carbocycles. The largest absolute Gasteiger partial charge is 0.481 e. The zero-order chi connectivity index (χ0) is 25.2. The molecule has 190 valence electrons. The Labute approximate surface area is 207 Å². The first-order valence-corrected chi connectivity index (χ1v) is 13.5. The molecule has 1 fully saturated rings. The van der Waals surface area contributed by atoms with Crippen molar-refractivity contribution in [2.75, 3.05) is 52.3 Å². The fourth-order valence-electron chi connectivity index (χ4n) is 3.71. The molecule has 0 radical (unpaired) electrons. The molecular weight excluding hydrogens is 478 g/mol. The summed E-state index contributed by atoms with van der Waals surface area (Å²) in [6.07, 6.45) is 0.891. The van der Waals surface area contributed by atoms with Crippen LogP contribution in [0.25, 0.3) is 0 Å². The number of nitrogens with one attached hydrogen (secondary N) is 1. The quantitative estimate of drug-likeness (QED) is 0.189. The number of benzene rings is 1. The van der Waals surface area contributed by atoms with Gasteiger partial charge in [-0.2, -0.15) is 16.1 Å². The summed E-state index contributed by atoms with van der Waals surface area (Å²) >= 11 is 1.50. The van der Waals surface area contributed by atoms with Crippen LogP contribution in [0.4, 0.5) is 0 Å². The lowest BCUT2D eigenvalue weighted by molar-refractivity contribution is -0.133. The predicted molar refractivity (Wildman–Crippen MR) is 132 cm³/mol. The summed E-state index contributed by atoms with van der Waals surface area (Å²) in [7, 11) is -2.67. The second-order valence-electron chi connectivity index (χ2n) is 8.35. The second kappa shape index (κ2) is 13.3. The summed E-state index contributed by atoms with van der Waals surface area (Å²) < 4.78 is 37.7. The molecular formula is C23H35N3O6S2. The van der Waals surface area contributed by atoms with E-state index in [4.69, 9.17) is 9.47 Å². The number of nitrogens with zero attached hydrogens (tertiary/aromatic N) is 2. The number of carbonyl (C=O) groups is 1. The number of hydrogen-bond acceptors (Lipinski definition) is 8. The van der Waals surface area contributed by atoms with Gasteiger partial charge in [-0.1, -0.05) is 5.92 Å². The van der Waals surface area contributed by atoms with Crippen LogP contribution in [-0.2, 0) is 19.6 Å². The average molecular weight is 514 g/mol. The molecule has 1 unspecified atom stereocenters. The van der Waals surface area contributed by atoms with E-state index in [1.807, 2.05) is 13.8 Å². The Morgan fingerprint density at radius 2 is 1.97 bits per heavy atom. The molecule has 9 nitrogen and oxygen atoms in total. The Bertz CT molecular complexity index is 951. The summed E-state index contributed by atoms with van der Waals surface area (Å²) in [5.74, 6) is 5.94. The van der Waals surface area contributed by atoms with Gasteiger partial charge in [-0.3, -0.25) is 14.9 Å². The normalized spacial score (nSPS) is 15.9. The number of carbonyl (C=O) groups excluding carboxylic acids is 1. The van der Waals surface area contributed by atoms with Crippen LogP contribution in [0.15, 0.2) is 29.2 Å². The first-order chi connectivity index (χ1) is 16.1. The van der Waals surface area contributed by atoms with Crippen LogP contribution < -0.4 is 10.2 Å². The van der Waals surface area contributed by atoms with E-state index in [0.717, 1.165) is 49.3 Å². The van der Waals surface area contributed by atoms with E-state index >= 15 is 0 Å². The maximum atomic E-state index is 13.3. The topological polar surface area (TPSA) is 108 Å². The first-order valence-electron chi connectivity index (χ1n) is 11.1. The van der Waals surface area contributed by atoms with Gasteiger partial charge < -0.3 is 9.47 Å². The molecule has 2 N–H and O–H groups in total. The number of sulfonamides is 1. The number of rotatable bonds is 12. The molecule has 2 rings (SSSR count). The molecule has 1 saturated heterocycles. The van der Waals surface area contributed by atoms with Gasteiger partial charge in [-0.15, -0.1) is 5.92 Å². The molecule has 1 aliphatic rings. The van der Waals surface area contributed by atoms with E-state index in [2.05, 4.69) is 16.7 Å². The van der Waals surface area contributed by atoms with Crippen LogP contribution in [-0.4, -0.2) is 91.8 Å². The molecule has 1 aromatic carbocycles. The fourth-order valence-corrected chi connectivity index (χ4v) is 6.45. The molecule has 11 heteroatoms. The van der Waals surface area contributed by atoms with Crippen LogP contribution in [0.2, 0.25) is 0 Å². The minimum Gasteiger partial charge on any atom is -0.481 e. The number of likely N-dealkylation sites (N-methyl/N-ethyl adjacent to an activating group) is 1. The van der Waals surface area contributed by atoms with Crippen molar-refractivity contribution >= 4 is 27.7 Å². The van der Waals surface area contributed by atoms with Crippen molar-refractivity contribution in [1.82, 2.24) is 14.7 Å². The van der Waals surface area contributed by atoms with E-state index in [-0.39, 0.29) is 11.5 Å². The fraction of sp³-hybridized carbons (Fsp3) is 0.609. The van der Waals surface area contributed by atoms with Crippen molar-refractivity contribution in [3.05, 3.63) is 24.3 Å². The highest BCUT2D eigenvalue weighted by atomic mass is 32.2. The number of hydroxylamine groups is 1. The van der Waals surface area contributed by atoms with Crippen LogP contribution >= 0.6 is 11.8 Å². The van der Waals surface area contributed by atoms with E-state index in [0.29, 0.717) is 5.75 Å². The summed E-state index contributed by atoms with van der Waals surface area (Å²) in [5, 5.41) is 9.36. The lowest BCUT2D eigenvalue weighted by Gasteiger charge is -2.37. The number of ether oxygens (including phenoxy) is 2. The smallest absolute Gasteiger partial charge is 0.263 e. The summed E-state index contributed by atoms with van der Waals surface area (Å²) in [5.41, 5.74) is 1.64. The van der Waals surface area contributed by atoms with Crippen molar-refractivity contribution < 1.29 is 27.9 Å². The van der Waals surface area contributed by atoms with Gasteiger partial charge >= 0.3 is 0 Å². The Morgan fingerprint density at radius 1 is 1.32 bits per heavy atom. The minimum absolute atomic E-state index is 0.0211. The van der Waals surface area contributed by atoms with Crippen molar-refractivity contribution in [3.8, 4) is 17.6 Å². The molecule has 0 aromatic heterocycles. The van der Waals surface area contributed by atoms with Crippen molar-refractivity contribution in [1.29, 1.82) is 0 Å². The van der Waals surface area contributed by atoms with Gasteiger partial charge in [0.25, 0.3) is 5.91 Å². The van der Waals surface area contributed by atoms with Crippen LogP contribution in [0.3, 0.4) is 0 Å². The van der Waals surface area contributed by atoms with Crippen LogP contribution in [0.1, 0.15) is 27.2 Å². The van der Waals surface area contributed by atoms with Crippen molar-refractivity contribution in [2.24, 2.45) is 0 Å². The van der Waals surface area contributed by atoms with Gasteiger partial charge in [0.1, 0.15) is 18.4 Å². The number of hydrogen-bond donors (Lipinski definition) is 2. The van der Waals surface area contributed by atoms with E-state index < -0.39 is 26.7 Å². The zero-order valence-electron chi connectivity index (χ0n) is 20.2. The zero-order valence-corrected chi connectivity index (χ0v) is 21.9. The maximum absolute atomic E-state index is 13.3. The minimum atomic E-state index is -4.02. The number of amides is 1. The van der Waals surface area contributed by atoms with Gasteiger partial charge in [0.05, 0.1) is 18.1 Å². The molecule has 0 spiro atoms. The number of morpholine rings is 1. The third kappa shape index (κ3) is 7.86. The SMILES string of the molecule is CC#CCOc1ccc(S(=O)(=O)N(C)C(C(=O)NO)C(C)(C)SCCCN2CCOCC2)cc1. The third-order valence-electron chi connectivity index (χ3n) is 5.57. The monoisotopic (exact) mass is 513 g/mol. The molecule has 34 heavy (non-hydrogen) atoms. The highest BCUT2D eigenvalue weighted by Gasteiger charge is 2.43. The molecule has 0 aliphatic carbocycles. The first kappa shape index (κ1) is 28.4. The second-order valence-corrected chi connectivity index (χ2v) is 12.1. The third-order valence-corrected chi connectivity index (χ3v) is 8.86. The molecule has 1 heterocycles. The van der Waals surface area contributed by atoms with E-state index in [9.17, 15) is 18.4 Å². The molecule has 1 atom stereocenters. The molecule has 1 amide bonds. The average Bonchev–Trinajstić information content (AvgIpc) is 2.82. The number of thioether (sulfide) groups is 1. The van der Waals surface area contributed by atoms with Gasteiger partial charge in [0.15, 0.2) is 0 Å². The summed E-state index contributed by atoms with van der Waals surface area (Å²) in [6.45, 7) is 9.72. The van der Waals surface area contributed by atoms with Crippen molar-refractivity contribution in [2.45, 2.75) is 42.9 Å². The standard InChI is InChI=1S/C23H35N3O6S2/c1-5-6-15-32-19-8-10-20(11-9-19)34(29,30)25(4)21(22(27)24-28)23(2,3)33-18-7-12-26-13-16-31-17-14-26/h8-11,21,28H,7,12-18H2,1-4H3,(H,24,27). The van der Waals surface area contributed by atoms with Crippen LogP contribution in [0.5, 0.6) is 5.75 Å². The van der Waals surface area contributed by atoms with E-state index in [1.54, 1.807) is 24.5 Å². The van der Waals surface area contributed by atoms with Gasteiger partial charge in [-0.05, 0) is 63.8 Å². The van der Waals surface area contributed by atoms with Crippen molar-refractivity contribution in [3.63, 3.8) is 0 Å².